The van der Waals surface area contributed by atoms with Crippen molar-refractivity contribution in [3.8, 4) is 0 Å². The highest BCUT2D eigenvalue weighted by Crippen LogP contribution is 2.27. The lowest BCUT2D eigenvalue weighted by atomic mass is 10.1. The van der Waals surface area contributed by atoms with Gasteiger partial charge in [-0.2, -0.15) is 0 Å². The highest BCUT2D eigenvalue weighted by molar-refractivity contribution is 9.10. The molecule has 2 aromatic carbocycles. The van der Waals surface area contributed by atoms with Gasteiger partial charge in [0, 0.05) is 28.2 Å². The summed E-state index contributed by atoms with van der Waals surface area (Å²) >= 11 is 3.48. The first-order valence-electron chi connectivity index (χ1n) is 8.05. The molecule has 1 N–H and O–H groups in total. The summed E-state index contributed by atoms with van der Waals surface area (Å²) in [6, 6.07) is 14.8. The van der Waals surface area contributed by atoms with Gasteiger partial charge in [0.2, 0.25) is 0 Å². The zero-order valence-electron chi connectivity index (χ0n) is 14.2. The molecule has 1 heterocycles. The first-order chi connectivity index (χ1) is 12.3. The summed E-state index contributed by atoms with van der Waals surface area (Å²) in [6.07, 6.45) is 1.79. The Morgan fingerprint density at radius 1 is 1.12 bits per heavy atom. The van der Waals surface area contributed by atoms with Gasteiger partial charge in [-0.05, 0) is 24.1 Å². The van der Waals surface area contributed by atoms with Gasteiger partial charge in [-0.3, -0.25) is 4.79 Å². The van der Waals surface area contributed by atoms with Gasteiger partial charge in [0.15, 0.2) is 15.6 Å². The number of furan rings is 1. The number of carbonyl (C=O) groups is 1. The number of para-hydroxylation sites is 1. The Morgan fingerprint density at radius 2 is 1.81 bits per heavy atom. The lowest BCUT2D eigenvalue weighted by molar-refractivity contribution is 0.0927. The van der Waals surface area contributed by atoms with Crippen molar-refractivity contribution in [2.24, 2.45) is 0 Å². The fourth-order valence-electron chi connectivity index (χ4n) is 2.78. The van der Waals surface area contributed by atoms with E-state index in [1.165, 1.54) is 0 Å². The van der Waals surface area contributed by atoms with Gasteiger partial charge in [0.05, 0.1) is 5.75 Å². The summed E-state index contributed by atoms with van der Waals surface area (Å²) < 4.78 is 30.2. The molecule has 0 aliphatic carbocycles. The average molecular weight is 436 g/mol. The molecule has 0 saturated carbocycles. The van der Waals surface area contributed by atoms with Gasteiger partial charge in [0.1, 0.15) is 5.58 Å². The molecule has 7 heteroatoms. The van der Waals surface area contributed by atoms with Crippen LogP contribution >= 0.6 is 15.9 Å². The van der Waals surface area contributed by atoms with Crippen LogP contribution < -0.4 is 5.32 Å². The lowest BCUT2D eigenvalue weighted by Crippen LogP contribution is -2.26. The molecule has 5 nitrogen and oxygen atoms in total. The van der Waals surface area contributed by atoms with Crippen LogP contribution in [0.4, 0.5) is 0 Å². The van der Waals surface area contributed by atoms with Gasteiger partial charge in [-0.15, -0.1) is 0 Å². The van der Waals surface area contributed by atoms with Gasteiger partial charge in [0.25, 0.3) is 5.91 Å². The fourth-order valence-corrected chi connectivity index (χ4v) is 4.07. The normalized spacial score (nSPS) is 11.6. The van der Waals surface area contributed by atoms with Crippen LogP contribution in [0.2, 0.25) is 0 Å². The van der Waals surface area contributed by atoms with E-state index in [1.807, 2.05) is 24.3 Å². The Hall–Kier alpha value is -2.12. The molecule has 1 amide bonds. The van der Waals surface area contributed by atoms with E-state index in [1.54, 1.807) is 24.3 Å². The molecule has 0 unspecified atom stereocenters. The number of carbonyl (C=O) groups excluding carboxylic acids is 1. The maximum Gasteiger partial charge on any atom is 0.287 e. The number of hydrogen-bond donors (Lipinski definition) is 1. The van der Waals surface area contributed by atoms with Gasteiger partial charge >= 0.3 is 0 Å². The van der Waals surface area contributed by atoms with Gasteiger partial charge in [-0.1, -0.05) is 52.3 Å². The first kappa shape index (κ1) is 18.7. The molecule has 0 atom stereocenters. The van der Waals surface area contributed by atoms with E-state index < -0.39 is 15.7 Å². The van der Waals surface area contributed by atoms with Gasteiger partial charge in [-0.25, -0.2) is 8.42 Å². The molecule has 0 aliphatic heterocycles. The number of amides is 1. The summed E-state index contributed by atoms with van der Waals surface area (Å²) in [5.74, 6) is -0.590. The Morgan fingerprint density at radius 3 is 2.54 bits per heavy atom. The van der Waals surface area contributed by atoms with Crippen molar-refractivity contribution in [1.29, 1.82) is 0 Å². The molecular weight excluding hydrogens is 418 g/mol. The first-order valence-corrected chi connectivity index (χ1v) is 10.9. The van der Waals surface area contributed by atoms with Crippen molar-refractivity contribution in [3.63, 3.8) is 0 Å². The number of hydrogen-bond acceptors (Lipinski definition) is 4. The second-order valence-electron chi connectivity index (χ2n) is 6.07. The maximum absolute atomic E-state index is 12.6. The second-order valence-corrected chi connectivity index (χ2v) is 9.07. The van der Waals surface area contributed by atoms with E-state index in [-0.39, 0.29) is 11.5 Å². The lowest BCUT2D eigenvalue weighted by Gasteiger charge is -2.07. The van der Waals surface area contributed by atoms with Crippen LogP contribution in [-0.2, 0) is 22.0 Å². The van der Waals surface area contributed by atoms with Crippen LogP contribution in [0.25, 0.3) is 11.0 Å². The SMILES string of the molecule is CS(=O)(=O)Cc1c(C(=O)NCCc2ccccc2Br)oc2ccccc12. The minimum absolute atomic E-state index is 0.0590. The highest BCUT2D eigenvalue weighted by Gasteiger charge is 2.23. The standard InChI is InChI=1S/C19H18BrNO4S/c1-26(23,24)12-15-14-7-3-5-9-17(14)25-18(15)19(22)21-11-10-13-6-2-4-8-16(13)20/h2-9H,10-12H2,1H3,(H,21,22). The fraction of sp³-hybridized carbons (Fsp3) is 0.211. The third kappa shape index (κ3) is 4.34. The van der Waals surface area contributed by atoms with Crippen molar-refractivity contribution in [2.75, 3.05) is 12.8 Å². The minimum atomic E-state index is -3.31. The molecule has 3 rings (SSSR count). The molecular formula is C19H18BrNO4S. The van der Waals surface area contributed by atoms with Crippen molar-refractivity contribution in [1.82, 2.24) is 5.32 Å². The highest BCUT2D eigenvalue weighted by atomic mass is 79.9. The van der Waals surface area contributed by atoms with Crippen LogP contribution in [0, 0.1) is 0 Å². The van der Waals surface area contributed by atoms with E-state index >= 15 is 0 Å². The maximum atomic E-state index is 12.6. The quantitative estimate of drug-likeness (QED) is 0.639. The molecule has 0 spiro atoms. The van der Waals surface area contributed by atoms with Gasteiger partial charge < -0.3 is 9.73 Å². The number of rotatable bonds is 6. The number of halogens is 1. The van der Waals surface area contributed by atoms with Crippen molar-refractivity contribution in [2.45, 2.75) is 12.2 Å². The summed E-state index contributed by atoms with van der Waals surface area (Å²) in [5, 5.41) is 3.46. The molecule has 136 valence electrons. The van der Waals surface area contributed by atoms with Crippen molar-refractivity contribution >= 4 is 42.6 Å². The van der Waals surface area contributed by atoms with Crippen LogP contribution in [0.1, 0.15) is 21.7 Å². The monoisotopic (exact) mass is 435 g/mol. The summed E-state index contributed by atoms with van der Waals surface area (Å²) in [6.45, 7) is 0.413. The Kier molecular flexibility index (Phi) is 5.48. The Balaban J connectivity index is 1.81. The van der Waals surface area contributed by atoms with E-state index in [4.69, 9.17) is 4.42 Å². The number of benzene rings is 2. The molecule has 0 saturated heterocycles. The number of nitrogens with one attached hydrogen (secondary N) is 1. The van der Waals surface area contributed by atoms with Crippen LogP contribution in [0.15, 0.2) is 57.4 Å². The largest absolute Gasteiger partial charge is 0.451 e. The van der Waals surface area contributed by atoms with Crippen molar-refractivity contribution in [3.05, 3.63) is 69.9 Å². The average Bonchev–Trinajstić information content (AvgIpc) is 2.94. The summed E-state index contributed by atoms with van der Waals surface area (Å²) in [5.41, 5.74) is 1.98. The van der Waals surface area contributed by atoms with Crippen LogP contribution in [0.3, 0.4) is 0 Å². The van der Waals surface area contributed by atoms with E-state index in [2.05, 4.69) is 21.2 Å². The third-order valence-corrected chi connectivity index (χ3v) is 5.54. The Labute approximate surface area is 160 Å². The number of sulfone groups is 1. The van der Waals surface area contributed by atoms with Crippen LogP contribution in [0.5, 0.6) is 0 Å². The van der Waals surface area contributed by atoms with Crippen molar-refractivity contribution < 1.29 is 17.6 Å². The molecule has 0 aliphatic rings. The van der Waals surface area contributed by atoms with E-state index in [9.17, 15) is 13.2 Å². The molecule has 26 heavy (non-hydrogen) atoms. The zero-order chi connectivity index (χ0) is 18.7. The second kappa shape index (κ2) is 7.63. The summed E-state index contributed by atoms with van der Waals surface area (Å²) in [7, 11) is -3.31. The van der Waals surface area contributed by atoms with Crippen LogP contribution in [-0.4, -0.2) is 27.1 Å². The minimum Gasteiger partial charge on any atom is -0.451 e. The zero-order valence-corrected chi connectivity index (χ0v) is 16.6. The predicted molar refractivity (Wildman–Crippen MR) is 105 cm³/mol. The molecule has 1 aromatic heterocycles. The molecule has 3 aromatic rings. The Bertz CT molecular complexity index is 1060. The van der Waals surface area contributed by atoms with E-state index in [0.29, 0.717) is 29.5 Å². The summed E-state index contributed by atoms with van der Waals surface area (Å²) in [4.78, 5) is 12.6. The topological polar surface area (TPSA) is 76.4 Å². The molecule has 0 fully saturated rings. The number of fused-ring (bicyclic) bond motifs is 1. The molecule has 0 bridgehead atoms. The van der Waals surface area contributed by atoms with E-state index in [0.717, 1.165) is 16.3 Å². The smallest absolute Gasteiger partial charge is 0.287 e. The molecule has 0 radical (unpaired) electrons. The third-order valence-electron chi connectivity index (χ3n) is 3.95. The predicted octanol–water partition coefficient (Wildman–Crippen LogP) is 3.71.